The lowest BCUT2D eigenvalue weighted by molar-refractivity contribution is -0.137. The summed E-state index contributed by atoms with van der Waals surface area (Å²) in [7, 11) is 1.61. The lowest BCUT2D eigenvalue weighted by atomic mass is 9.80. The van der Waals surface area contributed by atoms with Gasteiger partial charge in [-0.1, -0.05) is 0 Å². The van der Waals surface area contributed by atoms with E-state index in [4.69, 9.17) is 4.74 Å². The Morgan fingerprint density at radius 2 is 2.15 bits per heavy atom. The van der Waals surface area contributed by atoms with Crippen molar-refractivity contribution in [1.29, 1.82) is 0 Å². The van der Waals surface area contributed by atoms with Crippen LogP contribution in [-0.2, 0) is 22.1 Å². The summed E-state index contributed by atoms with van der Waals surface area (Å²) in [5, 5.41) is 2.93. The summed E-state index contributed by atoms with van der Waals surface area (Å²) in [5.41, 5.74) is 0.826. The number of nitrogens with one attached hydrogen (secondary N) is 1. The number of benzene rings is 1. The molecule has 2 aliphatic rings. The average molecular weight is 370 g/mol. The minimum Gasteiger partial charge on any atom is -0.385 e. The topological polar surface area (TPSA) is 41.6 Å². The molecule has 0 spiro atoms. The van der Waals surface area contributed by atoms with Gasteiger partial charge in [-0.05, 0) is 55.9 Å². The number of carbonyl (C=O) groups is 1. The molecule has 144 valence electrons. The van der Waals surface area contributed by atoms with Crippen molar-refractivity contribution in [2.75, 3.05) is 31.7 Å². The molecule has 0 unspecified atom stereocenters. The number of hydrogen-bond donors (Lipinski definition) is 1. The molecule has 0 radical (unpaired) electrons. The van der Waals surface area contributed by atoms with Crippen LogP contribution in [0.25, 0.3) is 0 Å². The summed E-state index contributed by atoms with van der Waals surface area (Å²) in [6, 6.07) is 4.00. The minimum absolute atomic E-state index is 0.0652. The molecule has 1 amide bonds. The lowest BCUT2D eigenvalue weighted by Crippen LogP contribution is -2.53. The molecule has 0 bridgehead atoms. The maximum atomic E-state index is 13.1. The van der Waals surface area contributed by atoms with Crippen LogP contribution < -0.4 is 10.2 Å². The molecule has 26 heavy (non-hydrogen) atoms. The van der Waals surface area contributed by atoms with Crippen molar-refractivity contribution in [2.45, 2.75) is 44.3 Å². The second-order valence-corrected chi connectivity index (χ2v) is 7.05. The third kappa shape index (κ3) is 3.98. The summed E-state index contributed by atoms with van der Waals surface area (Å²) in [6.45, 7) is 1.88. The van der Waals surface area contributed by atoms with E-state index >= 15 is 0 Å². The quantitative estimate of drug-likeness (QED) is 0.808. The highest BCUT2D eigenvalue weighted by molar-refractivity contribution is 5.82. The summed E-state index contributed by atoms with van der Waals surface area (Å²) in [6.07, 6.45) is -0.347. The van der Waals surface area contributed by atoms with Crippen molar-refractivity contribution in [3.8, 4) is 0 Å². The highest BCUT2D eigenvalue weighted by atomic mass is 19.4. The van der Waals surface area contributed by atoms with Crippen molar-refractivity contribution >= 4 is 11.6 Å². The van der Waals surface area contributed by atoms with Crippen molar-refractivity contribution < 1.29 is 22.7 Å². The first kappa shape index (κ1) is 19.0. The maximum Gasteiger partial charge on any atom is 0.416 e. The van der Waals surface area contributed by atoms with Gasteiger partial charge in [0.05, 0.1) is 11.5 Å². The molecular weight excluding hydrogens is 345 g/mol. The summed E-state index contributed by atoms with van der Waals surface area (Å²) >= 11 is 0. The Morgan fingerprint density at radius 3 is 2.88 bits per heavy atom. The molecular formula is C19H25F3N2O2. The fourth-order valence-electron chi connectivity index (χ4n) is 4.08. The van der Waals surface area contributed by atoms with Crippen molar-refractivity contribution in [3.05, 3.63) is 29.3 Å². The van der Waals surface area contributed by atoms with Gasteiger partial charge in [0.2, 0.25) is 5.91 Å². The minimum atomic E-state index is -4.37. The normalized spacial score (nSPS) is 22.5. The zero-order chi connectivity index (χ0) is 18.7. The van der Waals surface area contributed by atoms with E-state index < -0.39 is 11.7 Å². The molecule has 1 aromatic carbocycles. The van der Waals surface area contributed by atoms with E-state index in [2.05, 4.69) is 10.2 Å². The zero-order valence-electron chi connectivity index (χ0n) is 14.9. The number of piperidine rings is 1. The lowest BCUT2D eigenvalue weighted by Gasteiger charge is -2.46. The Kier molecular flexibility index (Phi) is 5.75. The van der Waals surface area contributed by atoms with Crippen LogP contribution in [0.3, 0.4) is 0 Å². The monoisotopic (exact) mass is 370 g/mol. The van der Waals surface area contributed by atoms with Gasteiger partial charge >= 0.3 is 6.18 Å². The van der Waals surface area contributed by atoms with Gasteiger partial charge in [-0.15, -0.1) is 0 Å². The van der Waals surface area contributed by atoms with E-state index in [-0.39, 0.29) is 17.9 Å². The van der Waals surface area contributed by atoms with E-state index in [1.165, 1.54) is 6.07 Å². The van der Waals surface area contributed by atoms with Gasteiger partial charge in [0.1, 0.15) is 0 Å². The standard InChI is InChI=1S/C19H25F3N2O2/c1-26-10-4-8-23-18(25)15-12-13-11-14(19(20,21)22)6-7-16(13)24-9-3-2-5-17(15)24/h6-7,11,15,17H,2-5,8-10,12H2,1H3,(H,23,25)/t15-,17-/m1/s1. The Balaban J connectivity index is 1.82. The smallest absolute Gasteiger partial charge is 0.385 e. The average Bonchev–Trinajstić information content (AvgIpc) is 2.63. The van der Waals surface area contributed by atoms with Crippen LogP contribution >= 0.6 is 0 Å². The van der Waals surface area contributed by atoms with Crippen LogP contribution in [0.5, 0.6) is 0 Å². The van der Waals surface area contributed by atoms with Crippen LogP contribution in [0.15, 0.2) is 18.2 Å². The largest absolute Gasteiger partial charge is 0.416 e. The van der Waals surface area contributed by atoms with Gasteiger partial charge < -0.3 is 15.0 Å². The first-order valence-corrected chi connectivity index (χ1v) is 9.15. The van der Waals surface area contributed by atoms with E-state index in [1.807, 2.05) is 0 Å². The molecule has 0 aromatic heterocycles. The molecule has 4 nitrogen and oxygen atoms in total. The summed E-state index contributed by atoms with van der Waals surface area (Å²) in [5.74, 6) is -0.380. The molecule has 7 heteroatoms. The number of rotatable bonds is 5. The fourth-order valence-corrected chi connectivity index (χ4v) is 4.08. The van der Waals surface area contributed by atoms with Crippen LogP contribution in [0.4, 0.5) is 18.9 Å². The Morgan fingerprint density at radius 1 is 1.35 bits per heavy atom. The van der Waals surface area contributed by atoms with Crippen molar-refractivity contribution in [3.63, 3.8) is 0 Å². The fraction of sp³-hybridized carbons (Fsp3) is 0.632. The molecule has 1 aromatic rings. The first-order valence-electron chi connectivity index (χ1n) is 9.15. The number of halogens is 3. The summed E-state index contributed by atoms with van der Waals surface area (Å²) in [4.78, 5) is 14.8. The molecule has 1 saturated heterocycles. The number of anilines is 1. The molecule has 0 saturated carbocycles. The Hall–Kier alpha value is -1.76. The first-order chi connectivity index (χ1) is 12.4. The van der Waals surface area contributed by atoms with Gasteiger partial charge in [0.25, 0.3) is 0 Å². The van der Waals surface area contributed by atoms with Crippen LogP contribution in [-0.4, -0.2) is 38.8 Å². The number of amides is 1. The maximum absolute atomic E-state index is 13.1. The highest BCUT2D eigenvalue weighted by Gasteiger charge is 2.40. The van der Waals surface area contributed by atoms with Crippen LogP contribution in [0.2, 0.25) is 0 Å². The molecule has 3 rings (SSSR count). The van der Waals surface area contributed by atoms with Gasteiger partial charge in [-0.25, -0.2) is 0 Å². The zero-order valence-corrected chi connectivity index (χ0v) is 14.9. The van der Waals surface area contributed by atoms with Gasteiger partial charge in [0.15, 0.2) is 0 Å². The molecule has 2 atom stereocenters. The Bertz CT molecular complexity index is 648. The van der Waals surface area contributed by atoms with E-state index in [0.717, 1.165) is 44.0 Å². The van der Waals surface area contributed by atoms with Gasteiger partial charge in [-0.3, -0.25) is 4.79 Å². The van der Waals surface area contributed by atoms with Crippen LogP contribution in [0.1, 0.15) is 36.8 Å². The predicted molar refractivity (Wildman–Crippen MR) is 93.1 cm³/mol. The number of carbonyl (C=O) groups excluding carboxylic acids is 1. The van der Waals surface area contributed by atoms with Crippen LogP contribution in [0, 0.1) is 5.92 Å². The predicted octanol–water partition coefficient (Wildman–Crippen LogP) is 3.39. The third-order valence-electron chi connectivity index (χ3n) is 5.33. The second-order valence-electron chi connectivity index (χ2n) is 7.05. The Labute approximate surface area is 151 Å². The van der Waals surface area contributed by atoms with E-state index in [1.54, 1.807) is 13.2 Å². The third-order valence-corrected chi connectivity index (χ3v) is 5.33. The van der Waals surface area contributed by atoms with Crippen molar-refractivity contribution in [2.24, 2.45) is 5.92 Å². The number of hydrogen-bond acceptors (Lipinski definition) is 3. The molecule has 2 heterocycles. The number of fused-ring (bicyclic) bond motifs is 3. The number of nitrogens with zero attached hydrogens (tertiary/aromatic N) is 1. The second kappa shape index (κ2) is 7.86. The molecule has 2 aliphatic heterocycles. The highest BCUT2D eigenvalue weighted by Crippen LogP contribution is 2.41. The summed E-state index contributed by atoms with van der Waals surface area (Å²) < 4.78 is 44.2. The van der Waals surface area contributed by atoms with Gasteiger partial charge in [0, 0.05) is 38.5 Å². The number of alkyl halides is 3. The van der Waals surface area contributed by atoms with Gasteiger partial charge in [-0.2, -0.15) is 13.2 Å². The van der Waals surface area contributed by atoms with E-state index in [0.29, 0.717) is 25.1 Å². The molecule has 1 fully saturated rings. The number of ether oxygens (including phenoxy) is 1. The molecule has 0 aliphatic carbocycles. The van der Waals surface area contributed by atoms with Crippen molar-refractivity contribution in [1.82, 2.24) is 5.32 Å². The SMILES string of the molecule is COCCCNC(=O)[C@@H]1Cc2cc(C(F)(F)F)ccc2N2CCCC[C@H]12. The number of methoxy groups -OCH3 is 1. The van der Waals surface area contributed by atoms with E-state index in [9.17, 15) is 18.0 Å². The molecule has 1 N–H and O–H groups in total.